The van der Waals surface area contributed by atoms with Crippen molar-refractivity contribution in [2.24, 2.45) is 5.92 Å². The summed E-state index contributed by atoms with van der Waals surface area (Å²) in [5, 5.41) is 3.02. The molecule has 0 saturated heterocycles. The SMILES string of the molecule is CC(C)C[C@H](NC(=O)[C@H](C)N1C(=O)c2ccccc2C1=O)c1ccccc1. The number of amides is 3. The summed E-state index contributed by atoms with van der Waals surface area (Å²) in [4.78, 5) is 39.2. The van der Waals surface area contributed by atoms with Gasteiger partial charge in [0.15, 0.2) is 0 Å². The minimum Gasteiger partial charge on any atom is -0.347 e. The summed E-state index contributed by atoms with van der Waals surface area (Å²) in [7, 11) is 0. The lowest BCUT2D eigenvalue weighted by atomic mass is 9.96. The Morgan fingerprint density at radius 1 is 0.889 bits per heavy atom. The second-order valence-corrected chi connectivity index (χ2v) is 7.30. The molecule has 5 nitrogen and oxygen atoms in total. The van der Waals surface area contributed by atoms with Gasteiger partial charge in [-0.15, -0.1) is 0 Å². The van der Waals surface area contributed by atoms with Gasteiger partial charge >= 0.3 is 0 Å². The number of rotatable bonds is 6. The molecule has 5 heteroatoms. The number of hydrogen-bond donors (Lipinski definition) is 1. The Kier molecular flexibility index (Phi) is 5.40. The van der Waals surface area contributed by atoms with Crippen LogP contribution in [0.4, 0.5) is 0 Å². The van der Waals surface area contributed by atoms with Gasteiger partial charge in [-0.05, 0) is 37.0 Å². The third kappa shape index (κ3) is 3.77. The molecule has 0 radical (unpaired) electrons. The van der Waals surface area contributed by atoms with Gasteiger partial charge in [-0.3, -0.25) is 19.3 Å². The number of carbonyl (C=O) groups excluding carboxylic acids is 3. The number of imide groups is 1. The molecule has 0 bridgehead atoms. The maximum absolute atomic E-state index is 12.9. The van der Waals surface area contributed by atoms with Gasteiger partial charge in [-0.2, -0.15) is 0 Å². The van der Waals surface area contributed by atoms with Crippen molar-refractivity contribution in [3.8, 4) is 0 Å². The first-order valence-corrected chi connectivity index (χ1v) is 9.22. The second-order valence-electron chi connectivity index (χ2n) is 7.30. The van der Waals surface area contributed by atoms with Crippen LogP contribution in [0.2, 0.25) is 0 Å². The highest BCUT2D eigenvalue weighted by atomic mass is 16.2. The van der Waals surface area contributed by atoms with E-state index in [-0.39, 0.29) is 11.9 Å². The average Bonchev–Trinajstić information content (AvgIpc) is 2.92. The molecule has 140 valence electrons. The standard InChI is InChI=1S/C22H24N2O3/c1-14(2)13-19(16-9-5-4-6-10-16)23-20(25)15(3)24-21(26)17-11-7-8-12-18(17)22(24)27/h4-12,14-15,19H,13H2,1-3H3,(H,23,25)/t15-,19-/m0/s1. The minimum atomic E-state index is -0.879. The third-order valence-corrected chi connectivity index (χ3v) is 4.82. The molecule has 1 N–H and O–H groups in total. The van der Waals surface area contributed by atoms with Crippen molar-refractivity contribution in [1.82, 2.24) is 10.2 Å². The summed E-state index contributed by atoms with van der Waals surface area (Å²) < 4.78 is 0. The van der Waals surface area contributed by atoms with E-state index in [1.165, 1.54) is 0 Å². The smallest absolute Gasteiger partial charge is 0.262 e. The Morgan fingerprint density at radius 2 is 1.41 bits per heavy atom. The van der Waals surface area contributed by atoms with Gasteiger partial charge < -0.3 is 5.32 Å². The largest absolute Gasteiger partial charge is 0.347 e. The molecule has 1 aliphatic rings. The summed E-state index contributed by atoms with van der Waals surface area (Å²) in [5.41, 5.74) is 1.71. The van der Waals surface area contributed by atoms with Crippen LogP contribution in [0.3, 0.4) is 0 Å². The highest BCUT2D eigenvalue weighted by molar-refractivity contribution is 6.22. The van der Waals surface area contributed by atoms with Crippen LogP contribution in [-0.4, -0.2) is 28.7 Å². The molecule has 0 spiro atoms. The van der Waals surface area contributed by atoms with Crippen molar-refractivity contribution in [3.63, 3.8) is 0 Å². The minimum absolute atomic E-state index is 0.170. The van der Waals surface area contributed by atoms with Crippen LogP contribution in [-0.2, 0) is 4.79 Å². The zero-order valence-corrected chi connectivity index (χ0v) is 15.8. The highest BCUT2D eigenvalue weighted by Crippen LogP contribution is 2.26. The zero-order chi connectivity index (χ0) is 19.6. The molecule has 2 aromatic carbocycles. The molecule has 0 fully saturated rings. The van der Waals surface area contributed by atoms with Crippen molar-refractivity contribution < 1.29 is 14.4 Å². The maximum atomic E-state index is 12.9. The predicted octanol–water partition coefficient (Wildman–Crippen LogP) is 3.57. The normalized spacial score (nSPS) is 15.6. The van der Waals surface area contributed by atoms with Gasteiger partial charge in [-0.1, -0.05) is 56.3 Å². The van der Waals surface area contributed by atoms with Crippen LogP contribution < -0.4 is 5.32 Å². The quantitative estimate of drug-likeness (QED) is 0.797. The van der Waals surface area contributed by atoms with E-state index < -0.39 is 17.9 Å². The fraction of sp³-hybridized carbons (Fsp3) is 0.318. The van der Waals surface area contributed by atoms with Crippen LogP contribution >= 0.6 is 0 Å². The summed E-state index contributed by atoms with van der Waals surface area (Å²) in [6.07, 6.45) is 0.768. The lowest BCUT2D eigenvalue weighted by molar-refractivity contribution is -0.125. The third-order valence-electron chi connectivity index (χ3n) is 4.82. The van der Waals surface area contributed by atoms with Crippen LogP contribution in [0.5, 0.6) is 0 Å². The summed E-state index contributed by atoms with van der Waals surface area (Å²) in [5.74, 6) is -0.791. The molecule has 1 heterocycles. The summed E-state index contributed by atoms with van der Waals surface area (Å²) in [6, 6.07) is 15.4. The number of nitrogens with one attached hydrogen (secondary N) is 1. The van der Waals surface area contributed by atoms with Gasteiger partial charge in [0.25, 0.3) is 11.8 Å². The van der Waals surface area contributed by atoms with Gasteiger partial charge in [0.1, 0.15) is 6.04 Å². The van der Waals surface area contributed by atoms with E-state index in [1.54, 1.807) is 31.2 Å². The Balaban J connectivity index is 1.79. The van der Waals surface area contributed by atoms with E-state index in [0.29, 0.717) is 17.0 Å². The first-order valence-electron chi connectivity index (χ1n) is 9.22. The summed E-state index contributed by atoms with van der Waals surface area (Å²) in [6.45, 7) is 5.78. The fourth-order valence-electron chi connectivity index (χ4n) is 3.40. The molecular formula is C22H24N2O3. The zero-order valence-electron chi connectivity index (χ0n) is 15.8. The molecule has 0 aliphatic carbocycles. The van der Waals surface area contributed by atoms with Crippen LogP contribution in [0.25, 0.3) is 0 Å². The second kappa shape index (κ2) is 7.74. The fourth-order valence-corrected chi connectivity index (χ4v) is 3.40. The van der Waals surface area contributed by atoms with Crippen LogP contribution in [0.1, 0.15) is 59.5 Å². The number of hydrogen-bond acceptors (Lipinski definition) is 3. The molecule has 2 atom stereocenters. The molecule has 2 aromatic rings. The van der Waals surface area contributed by atoms with Gasteiger partial charge in [-0.25, -0.2) is 0 Å². The Hall–Kier alpha value is -2.95. The summed E-state index contributed by atoms with van der Waals surface area (Å²) >= 11 is 0. The lowest BCUT2D eigenvalue weighted by Gasteiger charge is -2.26. The average molecular weight is 364 g/mol. The van der Waals surface area contributed by atoms with Crippen LogP contribution in [0, 0.1) is 5.92 Å². The van der Waals surface area contributed by atoms with Crippen molar-refractivity contribution in [3.05, 3.63) is 71.3 Å². The molecule has 0 unspecified atom stereocenters. The molecule has 3 rings (SSSR count). The molecule has 3 amide bonds. The van der Waals surface area contributed by atoms with Gasteiger partial charge in [0, 0.05) is 0 Å². The molecular weight excluding hydrogens is 340 g/mol. The number of fused-ring (bicyclic) bond motifs is 1. The van der Waals surface area contributed by atoms with E-state index >= 15 is 0 Å². The van der Waals surface area contributed by atoms with Crippen LogP contribution in [0.15, 0.2) is 54.6 Å². The van der Waals surface area contributed by atoms with E-state index in [2.05, 4.69) is 19.2 Å². The van der Waals surface area contributed by atoms with E-state index in [0.717, 1.165) is 16.9 Å². The van der Waals surface area contributed by atoms with Crippen molar-refractivity contribution in [2.45, 2.75) is 39.3 Å². The lowest BCUT2D eigenvalue weighted by Crippen LogP contribution is -2.48. The number of carbonyl (C=O) groups is 3. The molecule has 27 heavy (non-hydrogen) atoms. The molecule has 0 aromatic heterocycles. The van der Waals surface area contributed by atoms with Crippen molar-refractivity contribution >= 4 is 17.7 Å². The molecule has 0 saturated carbocycles. The monoisotopic (exact) mass is 364 g/mol. The Morgan fingerprint density at radius 3 is 1.93 bits per heavy atom. The first kappa shape index (κ1) is 18.8. The Bertz CT molecular complexity index is 826. The predicted molar refractivity (Wildman–Crippen MR) is 103 cm³/mol. The van der Waals surface area contributed by atoms with Crippen molar-refractivity contribution in [1.29, 1.82) is 0 Å². The number of nitrogens with zero attached hydrogens (tertiary/aromatic N) is 1. The van der Waals surface area contributed by atoms with E-state index in [4.69, 9.17) is 0 Å². The first-order chi connectivity index (χ1) is 12.9. The Labute approximate surface area is 159 Å². The number of benzene rings is 2. The maximum Gasteiger partial charge on any atom is 0.262 e. The highest BCUT2D eigenvalue weighted by Gasteiger charge is 2.40. The van der Waals surface area contributed by atoms with E-state index in [1.807, 2.05) is 30.3 Å². The van der Waals surface area contributed by atoms with Gasteiger partial charge in [0.2, 0.25) is 5.91 Å². The van der Waals surface area contributed by atoms with E-state index in [9.17, 15) is 14.4 Å². The topological polar surface area (TPSA) is 66.5 Å². The van der Waals surface area contributed by atoms with Gasteiger partial charge in [0.05, 0.1) is 17.2 Å². The van der Waals surface area contributed by atoms with Crippen molar-refractivity contribution in [2.75, 3.05) is 0 Å². The molecule has 1 aliphatic heterocycles.